The lowest BCUT2D eigenvalue weighted by Crippen LogP contribution is -2.26. The Hall–Kier alpha value is -1.34. The van der Waals surface area contributed by atoms with Crippen molar-refractivity contribution in [2.24, 2.45) is 5.92 Å². The number of benzene rings is 2. The first-order chi connectivity index (χ1) is 9.38. The zero-order valence-electron chi connectivity index (χ0n) is 11.7. The highest BCUT2D eigenvalue weighted by molar-refractivity contribution is 5.86. The SMILES string of the molecule is CCNC(CC1CCC1)c1cccc2ccccc12. The first kappa shape index (κ1) is 12.7. The summed E-state index contributed by atoms with van der Waals surface area (Å²) in [6, 6.07) is 16.0. The third kappa shape index (κ3) is 2.66. The molecule has 1 atom stereocenters. The van der Waals surface area contributed by atoms with E-state index in [2.05, 4.69) is 54.7 Å². The van der Waals surface area contributed by atoms with Gasteiger partial charge < -0.3 is 5.32 Å². The molecule has 0 saturated heterocycles. The van der Waals surface area contributed by atoms with E-state index in [0.29, 0.717) is 6.04 Å². The maximum atomic E-state index is 3.69. The van der Waals surface area contributed by atoms with Gasteiger partial charge in [-0.25, -0.2) is 0 Å². The Morgan fingerprint density at radius 2 is 1.89 bits per heavy atom. The van der Waals surface area contributed by atoms with Gasteiger partial charge in [-0.2, -0.15) is 0 Å². The standard InChI is InChI=1S/C18H23N/c1-2-19-18(13-14-7-5-8-14)17-12-6-10-15-9-3-4-11-16(15)17/h3-4,6,9-12,14,18-19H,2,5,7-8,13H2,1H3. The zero-order chi connectivity index (χ0) is 13.1. The Morgan fingerprint density at radius 1 is 1.11 bits per heavy atom. The maximum Gasteiger partial charge on any atom is 0.0328 e. The van der Waals surface area contributed by atoms with Gasteiger partial charge in [0.25, 0.3) is 0 Å². The molecule has 2 aromatic rings. The van der Waals surface area contributed by atoms with E-state index in [4.69, 9.17) is 0 Å². The number of hydrogen-bond donors (Lipinski definition) is 1. The third-order valence-electron chi connectivity index (χ3n) is 4.44. The first-order valence-electron chi connectivity index (χ1n) is 7.59. The van der Waals surface area contributed by atoms with Gasteiger partial charge in [-0.1, -0.05) is 68.7 Å². The minimum Gasteiger partial charge on any atom is -0.310 e. The summed E-state index contributed by atoms with van der Waals surface area (Å²) in [6.45, 7) is 3.25. The summed E-state index contributed by atoms with van der Waals surface area (Å²) in [5.41, 5.74) is 1.48. The van der Waals surface area contributed by atoms with Crippen LogP contribution in [0.2, 0.25) is 0 Å². The van der Waals surface area contributed by atoms with Gasteiger partial charge in [-0.15, -0.1) is 0 Å². The van der Waals surface area contributed by atoms with Crippen LogP contribution in [-0.2, 0) is 0 Å². The Morgan fingerprint density at radius 3 is 2.63 bits per heavy atom. The van der Waals surface area contributed by atoms with Crippen LogP contribution in [0.5, 0.6) is 0 Å². The molecule has 0 radical (unpaired) electrons. The molecular formula is C18H23N. The molecule has 0 amide bonds. The van der Waals surface area contributed by atoms with Crippen molar-refractivity contribution >= 4 is 10.8 Å². The van der Waals surface area contributed by atoms with Crippen LogP contribution in [0.15, 0.2) is 42.5 Å². The van der Waals surface area contributed by atoms with Gasteiger partial charge in [-0.05, 0) is 35.2 Å². The molecule has 0 aliphatic heterocycles. The molecule has 2 aromatic carbocycles. The predicted molar refractivity (Wildman–Crippen MR) is 82.3 cm³/mol. The van der Waals surface area contributed by atoms with Crippen LogP contribution in [0.1, 0.15) is 44.2 Å². The second-order valence-electron chi connectivity index (χ2n) is 5.71. The van der Waals surface area contributed by atoms with Crippen molar-refractivity contribution in [1.29, 1.82) is 0 Å². The monoisotopic (exact) mass is 253 g/mol. The quantitative estimate of drug-likeness (QED) is 0.815. The molecule has 0 spiro atoms. The Balaban J connectivity index is 1.93. The van der Waals surface area contributed by atoms with Crippen molar-refractivity contribution in [3.63, 3.8) is 0 Å². The molecule has 1 unspecified atom stereocenters. The molecule has 19 heavy (non-hydrogen) atoms. The molecule has 1 N–H and O–H groups in total. The summed E-state index contributed by atoms with van der Waals surface area (Å²) in [5.74, 6) is 0.933. The average molecular weight is 253 g/mol. The predicted octanol–water partition coefficient (Wildman–Crippen LogP) is 4.68. The topological polar surface area (TPSA) is 12.0 Å². The lowest BCUT2D eigenvalue weighted by Gasteiger charge is -2.31. The van der Waals surface area contributed by atoms with E-state index in [1.165, 1.54) is 42.0 Å². The molecule has 1 aliphatic carbocycles. The summed E-state index contributed by atoms with van der Waals surface area (Å²) >= 11 is 0. The fraction of sp³-hybridized carbons (Fsp3) is 0.444. The molecule has 1 aliphatic rings. The lowest BCUT2D eigenvalue weighted by atomic mass is 9.79. The fourth-order valence-electron chi connectivity index (χ4n) is 3.18. The number of hydrogen-bond acceptors (Lipinski definition) is 1. The number of rotatable bonds is 5. The first-order valence-corrected chi connectivity index (χ1v) is 7.59. The van der Waals surface area contributed by atoms with Gasteiger partial charge in [0.2, 0.25) is 0 Å². The van der Waals surface area contributed by atoms with Crippen LogP contribution >= 0.6 is 0 Å². The molecular weight excluding hydrogens is 230 g/mol. The van der Waals surface area contributed by atoms with Crippen molar-refractivity contribution in [1.82, 2.24) is 5.32 Å². The highest BCUT2D eigenvalue weighted by Gasteiger charge is 2.23. The summed E-state index contributed by atoms with van der Waals surface area (Å²) < 4.78 is 0. The van der Waals surface area contributed by atoms with Gasteiger partial charge >= 0.3 is 0 Å². The van der Waals surface area contributed by atoms with Crippen molar-refractivity contribution in [2.75, 3.05) is 6.54 Å². The minimum atomic E-state index is 0.515. The maximum absolute atomic E-state index is 3.69. The van der Waals surface area contributed by atoms with E-state index < -0.39 is 0 Å². The van der Waals surface area contributed by atoms with E-state index in [0.717, 1.165) is 12.5 Å². The highest BCUT2D eigenvalue weighted by atomic mass is 14.9. The van der Waals surface area contributed by atoms with E-state index >= 15 is 0 Å². The summed E-state index contributed by atoms with van der Waals surface area (Å²) in [7, 11) is 0. The van der Waals surface area contributed by atoms with E-state index in [1.807, 2.05) is 0 Å². The van der Waals surface area contributed by atoms with Crippen molar-refractivity contribution in [3.05, 3.63) is 48.0 Å². The highest BCUT2D eigenvalue weighted by Crippen LogP contribution is 2.36. The van der Waals surface area contributed by atoms with Gasteiger partial charge in [0.05, 0.1) is 0 Å². The molecule has 1 fully saturated rings. The minimum absolute atomic E-state index is 0.515. The van der Waals surface area contributed by atoms with Crippen LogP contribution in [0.4, 0.5) is 0 Å². The summed E-state index contributed by atoms with van der Waals surface area (Å²) in [4.78, 5) is 0. The average Bonchev–Trinajstić information content (AvgIpc) is 2.41. The molecule has 100 valence electrons. The summed E-state index contributed by atoms with van der Waals surface area (Å²) in [5, 5.41) is 6.46. The molecule has 0 heterocycles. The molecule has 1 nitrogen and oxygen atoms in total. The normalized spacial score (nSPS) is 17.3. The van der Waals surface area contributed by atoms with Crippen LogP contribution in [0.3, 0.4) is 0 Å². The van der Waals surface area contributed by atoms with Crippen LogP contribution in [0, 0.1) is 5.92 Å². The van der Waals surface area contributed by atoms with Crippen LogP contribution in [-0.4, -0.2) is 6.54 Å². The van der Waals surface area contributed by atoms with Crippen LogP contribution < -0.4 is 5.32 Å². The largest absolute Gasteiger partial charge is 0.310 e. The zero-order valence-corrected chi connectivity index (χ0v) is 11.7. The lowest BCUT2D eigenvalue weighted by molar-refractivity contribution is 0.263. The van der Waals surface area contributed by atoms with Gasteiger partial charge in [0.1, 0.15) is 0 Å². The Kier molecular flexibility index (Phi) is 3.84. The molecule has 0 aromatic heterocycles. The van der Waals surface area contributed by atoms with E-state index in [-0.39, 0.29) is 0 Å². The van der Waals surface area contributed by atoms with Crippen LogP contribution in [0.25, 0.3) is 10.8 Å². The second-order valence-corrected chi connectivity index (χ2v) is 5.71. The molecule has 0 bridgehead atoms. The van der Waals surface area contributed by atoms with Gasteiger partial charge in [0, 0.05) is 6.04 Å². The van der Waals surface area contributed by atoms with Gasteiger partial charge in [-0.3, -0.25) is 0 Å². The Labute approximate surface area is 116 Å². The van der Waals surface area contributed by atoms with Gasteiger partial charge in [0.15, 0.2) is 0 Å². The van der Waals surface area contributed by atoms with Crippen molar-refractivity contribution in [2.45, 2.75) is 38.6 Å². The van der Waals surface area contributed by atoms with E-state index in [1.54, 1.807) is 0 Å². The van der Waals surface area contributed by atoms with E-state index in [9.17, 15) is 0 Å². The van der Waals surface area contributed by atoms with Crippen molar-refractivity contribution in [3.8, 4) is 0 Å². The molecule has 3 rings (SSSR count). The smallest absolute Gasteiger partial charge is 0.0328 e. The molecule has 1 heteroatoms. The third-order valence-corrected chi connectivity index (χ3v) is 4.44. The number of nitrogens with one attached hydrogen (secondary N) is 1. The fourth-order valence-corrected chi connectivity index (χ4v) is 3.18. The number of fused-ring (bicyclic) bond motifs is 1. The molecule has 1 saturated carbocycles. The summed E-state index contributed by atoms with van der Waals surface area (Å²) in [6.07, 6.45) is 5.57. The van der Waals surface area contributed by atoms with Crippen molar-refractivity contribution < 1.29 is 0 Å². The second kappa shape index (κ2) is 5.75. The Bertz CT molecular complexity index is 537.